The van der Waals surface area contributed by atoms with Gasteiger partial charge in [-0.3, -0.25) is 0 Å². The van der Waals surface area contributed by atoms with Crippen molar-refractivity contribution in [2.45, 2.75) is 0 Å². The van der Waals surface area contributed by atoms with Crippen molar-refractivity contribution in [1.29, 1.82) is 0 Å². The summed E-state index contributed by atoms with van der Waals surface area (Å²) in [6.45, 7) is 7.26. The smallest absolute Gasteiger partial charge is 0 e. The number of hydrogen-bond acceptors (Lipinski definition) is 0. The van der Waals surface area contributed by atoms with Gasteiger partial charge in [0.1, 0.15) is 0 Å². The second-order valence-electron chi connectivity index (χ2n) is 3.23. The zero-order valence-corrected chi connectivity index (χ0v) is 11.0. The van der Waals surface area contributed by atoms with E-state index in [-0.39, 0.29) is 17.4 Å². The van der Waals surface area contributed by atoms with Crippen LogP contribution in [-0.2, 0) is 17.4 Å². The molecule has 0 N–H and O–H groups in total. The minimum Gasteiger partial charge on any atom is -0.0985 e. The zero-order valence-electron chi connectivity index (χ0n) is 9.75. The standard InChI is InChI=1S/2C8H8.Cr/c2*1-2-8-6-4-3-5-7-8;/h2*2-7H,1H2;. The summed E-state index contributed by atoms with van der Waals surface area (Å²) in [5, 5.41) is 0. The van der Waals surface area contributed by atoms with E-state index in [2.05, 4.69) is 13.2 Å². The maximum atomic E-state index is 3.63. The first-order chi connectivity index (χ1) is 7.86. The van der Waals surface area contributed by atoms with Crippen LogP contribution < -0.4 is 0 Å². The van der Waals surface area contributed by atoms with Gasteiger partial charge in [0.25, 0.3) is 0 Å². The summed E-state index contributed by atoms with van der Waals surface area (Å²) in [7, 11) is 0. The van der Waals surface area contributed by atoms with Crippen LogP contribution in [0.2, 0.25) is 0 Å². The van der Waals surface area contributed by atoms with Gasteiger partial charge in [0.2, 0.25) is 0 Å². The Hall–Kier alpha value is -1.55. The molecule has 0 amide bonds. The Labute approximate surface area is 114 Å². The molecular formula is C16H16Cr. The Bertz CT molecular complexity index is 374. The van der Waals surface area contributed by atoms with E-state index in [9.17, 15) is 0 Å². The van der Waals surface area contributed by atoms with Gasteiger partial charge in [-0.25, -0.2) is 0 Å². The first-order valence-corrected chi connectivity index (χ1v) is 5.22. The van der Waals surface area contributed by atoms with E-state index >= 15 is 0 Å². The second kappa shape index (κ2) is 9.66. The van der Waals surface area contributed by atoms with Crippen LogP contribution in [0, 0.1) is 0 Å². The molecule has 0 radical (unpaired) electrons. The van der Waals surface area contributed by atoms with Gasteiger partial charge >= 0.3 is 0 Å². The Morgan fingerprint density at radius 1 is 0.588 bits per heavy atom. The fraction of sp³-hybridized carbons (Fsp3) is 0. The van der Waals surface area contributed by atoms with Crippen LogP contribution in [0.15, 0.2) is 73.8 Å². The fourth-order valence-electron chi connectivity index (χ4n) is 1.18. The molecular weight excluding hydrogens is 244 g/mol. The molecule has 0 atom stereocenters. The topological polar surface area (TPSA) is 0 Å². The summed E-state index contributed by atoms with van der Waals surface area (Å²) in [6, 6.07) is 20.1. The SMILES string of the molecule is C=Cc1ccccc1.C=Cc1ccccc1.[Cr]. The molecule has 17 heavy (non-hydrogen) atoms. The molecule has 0 aromatic heterocycles. The summed E-state index contributed by atoms with van der Waals surface area (Å²) < 4.78 is 0. The number of hydrogen-bond donors (Lipinski definition) is 0. The van der Waals surface area contributed by atoms with E-state index < -0.39 is 0 Å². The normalized spacial score (nSPS) is 8.00. The van der Waals surface area contributed by atoms with E-state index in [1.165, 1.54) is 11.1 Å². The summed E-state index contributed by atoms with van der Waals surface area (Å²) in [5.74, 6) is 0. The quantitative estimate of drug-likeness (QED) is 0.737. The molecule has 0 aliphatic carbocycles. The predicted octanol–water partition coefficient (Wildman–Crippen LogP) is 4.66. The predicted molar refractivity (Wildman–Crippen MR) is 73.1 cm³/mol. The Morgan fingerprint density at radius 2 is 0.882 bits per heavy atom. The van der Waals surface area contributed by atoms with E-state index in [1.54, 1.807) is 0 Å². The van der Waals surface area contributed by atoms with Crippen LogP contribution in [0.1, 0.15) is 11.1 Å². The first kappa shape index (κ1) is 15.5. The molecule has 1 heteroatoms. The monoisotopic (exact) mass is 260 g/mol. The van der Waals surface area contributed by atoms with Crippen LogP contribution >= 0.6 is 0 Å². The molecule has 0 unspecified atom stereocenters. The summed E-state index contributed by atoms with van der Waals surface area (Å²) >= 11 is 0. The average molecular weight is 260 g/mol. The van der Waals surface area contributed by atoms with Crippen LogP contribution in [0.3, 0.4) is 0 Å². The maximum absolute atomic E-state index is 3.63. The molecule has 0 spiro atoms. The van der Waals surface area contributed by atoms with Crippen molar-refractivity contribution in [3.05, 3.63) is 84.9 Å². The molecule has 2 rings (SSSR count). The third kappa shape index (κ3) is 6.58. The van der Waals surface area contributed by atoms with Crippen molar-refractivity contribution in [3.8, 4) is 0 Å². The van der Waals surface area contributed by atoms with Gasteiger partial charge in [-0.2, -0.15) is 0 Å². The van der Waals surface area contributed by atoms with Crippen molar-refractivity contribution in [3.63, 3.8) is 0 Å². The number of rotatable bonds is 2. The van der Waals surface area contributed by atoms with Crippen molar-refractivity contribution in [2.75, 3.05) is 0 Å². The minimum absolute atomic E-state index is 0. The molecule has 0 bridgehead atoms. The second-order valence-corrected chi connectivity index (χ2v) is 3.23. The molecule has 2 aromatic carbocycles. The summed E-state index contributed by atoms with van der Waals surface area (Å²) in [6.07, 6.45) is 3.67. The van der Waals surface area contributed by atoms with Crippen LogP contribution in [0.4, 0.5) is 0 Å². The Kier molecular flexibility index (Phi) is 8.78. The van der Waals surface area contributed by atoms with E-state index in [0.717, 1.165) is 0 Å². The van der Waals surface area contributed by atoms with Gasteiger partial charge in [0, 0.05) is 17.4 Å². The van der Waals surface area contributed by atoms with Gasteiger partial charge in [0.15, 0.2) is 0 Å². The molecule has 0 fully saturated rings. The van der Waals surface area contributed by atoms with E-state index in [1.807, 2.05) is 72.8 Å². The van der Waals surface area contributed by atoms with Crippen LogP contribution in [-0.4, -0.2) is 0 Å². The Balaban J connectivity index is 0.000000284. The van der Waals surface area contributed by atoms with Gasteiger partial charge in [0.05, 0.1) is 0 Å². The van der Waals surface area contributed by atoms with Gasteiger partial charge in [-0.05, 0) is 11.1 Å². The van der Waals surface area contributed by atoms with Gasteiger partial charge in [-0.15, -0.1) is 0 Å². The third-order valence-electron chi connectivity index (χ3n) is 2.07. The maximum Gasteiger partial charge on any atom is 0 e. The van der Waals surface area contributed by atoms with Gasteiger partial charge in [-0.1, -0.05) is 86.0 Å². The van der Waals surface area contributed by atoms with E-state index in [0.29, 0.717) is 0 Å². The minimum atomic E-state index is 0. The van der Waals surface area contributed by atoms with Crippen LogP contribution in [0.25, 0.3) is 12.2 Å². The average Bonchev–Trinajstić information content (AvgIpc) is 2.41. The molecule has 0 saturated carbocycles. The third-order valence-corrected chi connectivity index (χ3v) is 2.07. The van der Waals surface area contributed by atoms with Crippen molar-refractivity contribution in [1.82, 2.24) is 0 Å². The molecule has 86 valence electrons. The zero-order chi connectivity index (χ0) is 11.6. The largest absolute Gasteiger partial charge is 0.0985 e. The molecule has 0 heterocycles. The van der Waals surface area contributed by atoms with Crippen molar-refractivity contribution < 1.29 is 17.4 Å². The molecule has 0 aliphatic rings. The van der Waals surface area contributed by atoms with E-state index in [4.69, 9.17) is 0 Å². The van der Waals surface area contributed by atoms with Crippen LogP contribution in [0.5, 0.6) is 0 Å². The molecule has 0 saturated heterocycles. The first-order valence-electron chi connectivity index (χ1n) is 5.22. The van der Waals surface area contributed by atoms with Crippen molar-refractivity contribution >= 4 is 12.2 Å². The molecule has 0 nitrogen and oxygen atoms in total. The number of benzene rings is 2. The Morgan fingerprint density at radius 3 is 1.06 bits per heavy atom. The fourth-order valence-corrected chi connectivity index (χ4v) is 1.18. The molecule has 2 aromatic rings. The van der Waals surface area contributed by atoms with Gasteiger partial charge < -0.3 is 0 Å². The summed E-state index contributed by atoms with van der Waals surface area (Å²) in [5.41, 5.74) is 2.35. The van der Waals surface area contributed by atoms with Crippen molar-refractivity contribution in [2.24, 2.45) is 0 Å². The summed E-state index contributed by atoms with van der Waals surface area (Å²) in [4.78, 5) is 0. The molecule has 0 aliphatic heterocycles.